The van der Waals surface area contributed by atoms with Gasteiger partial charge < -0.3 is 15.0 Å². The van der Waals surface area contributed by atoms with Gasteiger partial charge in [-0.05, 0) is 55.4 Å². The number of carbonyl (C=O) groups is 2. The number of amides is 2. The third-order valence-corrected chi connectivity index (χ3v) is 5.71. The lowest BCUT2D eigenvalue weighted by atomic mass is 9.92. The SMILES string of the molecule is COc1cccc(CNC(=O)CC[C@@H]2CCCN(C(=O)Cc3cccc(C)c3)C2)c1. The second-order valence-electron chi connectivity index (χ2n) is 8.18. The highest BCUT2D eigenvalue weighted by molar-refractivity contribution is 5.79. The van der Waals surface area contributed by atoms with E-state index in [-0.39, 0.29) is 11.8 Å². The summed E-state index contributed by atoms with van der Waals surface area (Å²) in [6, 6.07) is 15.8. The van der Waals surface area contributed by atoms with Gasteiger partial charge in [0.25, 0.3) is 0 Å². The number of piperidine rings is 1. The van der Waals surface area contributed by atoms with Gasteiger partial charge in [-0.1, -0.05) is 42.0 Å². The van der Waals surface area contributed by atoms with E-state index in [9.17, 15) is 9.59 Å². The van der Waals surface area contributed by atoms with Crippen LogP contribution in [0.15, 0.2) is 48.5 Å². The van der Waals surface area contributed by atoms with E-state index in [0.717, 1.165) is 49.2 Å². The first kappa shape index (κ1) is 21.9. The van der Waals surface area contributed by atoms with Crippen molar-refractivity contribution in [3.8, 4) is 5.75 Å². The minimum Gasteiger partial charge on any atom is -0.497 e. The number of ether oxygens (including phenoxy) is 1. The topological polar surface area (TPSA) is 58.6 Å². The molecule has 0 spiro atoms. The van der Waals surface area contributed by atoms with Gasteiger partial charge in [-0.3, -0.25) is 9.59 Å². The molecule has 1 aliphatic rings. The van der Waals surface area contributed by atoms with Crippen LogP contribution in [0.2, 0.25) is 0 Å². The van der Waals surface area contributed by atoms with Crippen molar-refractivity contribution in [2.75, 3.05) is 20.2 Å². The van der Waals surface area contributed by atoms with Crippen molar-refractivity contribution in [2.24, 2.45) is 5.92 Å². The highest BCUT2D eigenvalue weighted by Gasteiger charge is 2.24. The summed E-state index contributed by atoms with van der Waals surface area (Å²) in [6.45, 7) is 4.13. The van der Waals surface area contributed by atoms with Crippen LogP contribution >= 0.6 is 0 Å². The molecule has 0 saturated carbocycles. The smallest absolute Gasteiger partial charge is 0.226 e. The van der Waals surface area contributed by atoms with E-state index >= 15 is 0 Å². The molecule has 2 amide bonds. The minimum atomic E-state index is 0.0565. The highest BCUT2D eigenvalue weighted by Crippen LogP contribution is 2.22. The van der Waals surface area contributed by atoms with Crippen LogP contribution in [0.1, 0.15) is 42.4 Å². The van der Waals surface area contributed by atoms with Gasteiger partial charge in [-0.15, -0.1) is 0 Å². The summed E-state index contributed by atoms with van der Waals surface area (Å²) in [5.74, 6) is 1.43. The summed E-state index contributed by atoms with van der Waals surface area (Å²) in [6.07, 6.45) is 3.86. The first-order valence-corrected chi connectivity index (χ1v) is 10.8. The van der Waals surface area contributed by atoms with Crippen molar-refractivity contribution in [3.05, 3.63) is 65.2 Å². The molecular formula is C25H32N2O3. The van der Waals surface area contributed by atoms with Crippen molar-refractivity contribution in [1.29, 1.82) is 0 Å². The molecule has 1 fully saturated rings. The number of nitrogens with one attached hydrogen (secondary N) is 1. The average molecular weight is 409 g/mol. The number of aryl methyl sites for hydroxylation is 1. The van der Waals surface area contributed by atoms with Crippen molar-refractivity contribution in [2.45, 2.75) is 45.6 Å². The van der Waals surface area contributed by atoms with E-state index in [1.807, 2.05) is 54.3 Å². The highest BCUT2D eigenvalue weighted by atomic mass is 16.5. The Bertz CT molecular complexity index is 865. The van der Waals surface area contributed by atoms with E-state index in [0.29, 0.717) is 25.3 Å². The van der Waals surface area contributed by atoms with Crippen LogP contribution in [-0.4, -0.2) is 36.9 Å². The lowest BCUT2D eigenvalue weighted by Gasteiger charge is -2.33. The van der Waals surface area contributed by atoms with Crippen LogP contribution in [0.5, 0.6) is 5.75 Å². The molecular weight excluding hydrogens is 376 g/mol. The molecule has 1 N–H and O–H groups in total. The van der Waals surface area contributed by atoms with Crippen LogP contribution in [0.3, 0.4) is 0 Å². The summed E-state index contributed by atoms with van der Waals surface area (Å²) >= 11 is 0. The predicted molar refractivity (Wildman–Crippen MR) is 118 cm³/mol. The molecule has 1 atom stereocenters. The number of carbonyl (C=O) groups excluding carboxylic acids is 2. The summed E-state index contributed by atoms with van der Waals surface area (Å²) in [7, 11) is 1.64. The standard InChI is InChI=1S/C25H32N2O3/c1-19-6-3-7-21(14-19)16-25(29)27-13-5-9-20(18-27)11-12-24(28)26-17-22-8-4-10-23(15-22)30-2/h3-4,6-8,10,14-15,20H,5,9,11-13,16-18H2,1-2H3,(H,26,28)/t20-/m0/s1. The molecule has 5 nitrogen and oxygen atoms in total. The van der Waals surface area contributed by atoms with Gasteiger partial charge in [0.2, 0.25) is 11.8 Å². The van der Waals surface area contributed by atoms with Gasteiger partial charge in [-0.2, -0.15) is 0 Å². The third-order valence-electron chi connectivity index (χ3n) is 5.71. The number of likely N-dealkylation sites (tertiary alicyclic amines) is 1. The number of methoxy groups -OCH3 is 1. The maximum Gasteiger partial charge on any atom is 0.226 e. The Kier molecular flexibility index (Phi) is 7.89. The maximum atomic E-state index is 12.7. The molecule has 2 aromatic carbocycles. The number of hydrogen-bond donors (Lipinski definition) is 1. The molecule has 160 valence electrons. The maximum absolute atomic E-state index is 12.7. The molecule has 0 aromatic heterocycles. The molecule has 30 heavy (non-hydrogen) atoms. The Hall–Kier alpha value is -2.82. The Morgan fingerprint density at radius 3 is 2.73 bits per heavy atom. The van der Waals surface area contributed by atoms with Crippen molar-refractivity contribution in [1.82, 2.24) is 10.2 Å². The largest absolute Gasteiger partial charge is 0.497 e. The average Bonchev–Trinajstić information content (AvgIpc) is 2.76. The molecule has 1 saturated heterocycles. The summed E-state index contributed by atoms with van der Waals surface area (Å²) in [4.78, 5) is 27.0. The molecule has 0 unspecified atom stereocenters. The van der Waals surface area contributed by atoms with Crippen molar-refractivity contribution >= 4 is 11.8 Å². The molecule has 1 aliphatic heterocycles. The molecule has 3 rings (SSSR count). The quantitative estimate of drug-likeness (QED) is 0.721. The van der Waals surface area contributed by atoms with Crippen LogP contribution in [0, 0.1) is 12.8 Å². The predicted octanol–water partition coefficient (Wildman–Crippen LogP) is 3.88. The van der Waals surface area contributed by atoms with Crippen molar-refractivity contribution in [3.63, 3.8) is 0 Å². The van der Waals surface area contributed by atoms with E-state index in [1.165, 1.54) is 5.56 Å². The second kappa shape index (κ2) is 10.8. The molecule has 0 bridgehead atoms. The molecule has 0 aliphatic carbocycles. The van der Waals surface area contributed by atoms with E-state index in [4.69, 9.17) is 4.74 Å². The normalized spacial score (nSPS) is 16.2. The zero-order valence-electron chi connectivity index (χ0n) is 18.0. The monoisotopic (exact) mass is 408 g/mol. The zero-order chi connectivity index (χ0) is 21.3. The number of hydrogen-bond acceptors (Lipinski definition) is 3. The zero-order valence-corrected chi connectivity index (χ0v) is 18.0. The Labute approximate surface area is 179 Å². The fourth-order valence-corrected chi connectivity index (χ4v) is 4.04. The Balaban J connectivity index is 1.41. The van der Waals surface area contributed by atoms with E-state index in [1.54, 1.807) is 7.11 Å². The fourth-order valence-electron chi connectivity index (χ4n) is 4.04. The molecule has 0 radical (unpaired) electrons. The van der Waals surface area contributed by atoms with Crippen molar-refractivity contribution < 1.29 is 14.3 Å². The van der Waals surface area contributed by atoms with Crippen LogP contribution in [-0.2, 0) is 22.6 Å². The van der Waals surface area contributed by atoms with Gasteiger partial charge in [0.1, 0.15) is 5.75 Å². The van der Waals surface area contributed by atoms with Gasteiger partial charge in [0, 0.05) is 26.1 Å². The molecule has 5 heteroatoms. The van der Waals surface area contributed by atoms with Crippen LogP contribution in [0.4, 0.5) is 0 Å². The first-order chi connectivity index (χ1) is 14.5. The van der Waals surface area contributed by atoms with E-state index in [2.05, 4.69) is 11.4 Å². The first-order valence-electron chi connectivity index (χ1n) is 10.8. The molecule has 1 heterocycles. The van der Waals surface area contributed by atoms with Gasteiger partial charge in [0.15, 0.2) is 0 Å². The number of rotatable bonds is 8. The third kappa shape index (κ3) is 6.61. The number of nitrogens with zero attached hydrogens (tertiary/aromatic N) is 1. The minimum absolute atomic E-state index is 0.0565. The van der Waals surface area contributed by atoms with Gasteiger partial charge in [0.05, 0.1) is 13.5 Å². The molecule has 2 aromatic rings. The van der Waals surface area contributed by atoms with Crippen LogP contribution in [0.25, 0.3) is 0 Å². The Morgan fingerprint density at radius 1 is 1.13 bits per heavy atom. The summed E-state index contributed by atoms with van der Waals surface area (Å²) in [5.41, 5.74) is 3.27. The summed E-state index contributed by atoms with van der Waals surface area (Å²) < 4.78 is 5.22. The fraction of sp³-hybridized carbons (Fsp3) is 0.440. The van der Waals surface area contributed by atoms with Gasteiger partial charge in [-0.25, -0.2) is 0 Å². The number of benzene rings is 2. The second-order valence-corrected chi connectivity index (χ2v) is 8.18. The Morgan fingerprint density at radius 2 is 1.93 bits per heavy atom. The summed E-state index contributed by atoms with van der Waals surface area (Å²) in [5, 5.41) is 2.99. The lowest BCUT2D eigenvalue weighted by molar-refractivity contribution is -0.132. The van der Waals surface area contributed by atoms with Gasteiger partial charge >= 0.3 is 0 Å². The van der Waals surface area contributed by atoms with E-state index < -0.39 is 0 Å². The van der Waals surface area contributed by atoms with Crippen LogP contribution < -0.4 is 10.1 Å². The lowest BCUT2D eigenvalue weighted by Crippen LogP contribution is -2.41.